The van der Waals surface area contributed by atoms with E-state index >= 15 is 0 Å². The molecule has 0 saturated heterocycles. The Morgan fingerprint density at radius 3 is 2.40 bits per heavy atom. The van der Waals surface area contributed by atoms with Crippen LogP contribution in [-0.4, -0.2) is 28.8 Å². The van der Waals surface area contributed by atoms with Gasteiger partial charge in [0.1, 0.15) is 0 Å². The van der Waals surface area contributed by atoms with Gasteiger partial charge in [-0.15, -0.1) is 0 Å². The molecule has 0 saturated carbocycles. The maximum absolute atomic E-state index is 12.2. The molecule has 0 atom stereocenters. The number of nitrogens with zero attached hydrogens (tertiary/aromatic N) is 2. The topological polar surface area (TPSA) is 33.2 Å². The Morgan fingerprint density at radius 1 is 1.15 bits per heavy atom. The largest absolute Gasteiger partial charge is 0.293 e. The number of Topliss-reactive ketones (excluding diaryl/α,β-unsaturated/α-hetero) is 1. The van der Waals surface area contributed by atoms with Gasteiger partial charge in [0.25, 0.3) is 0 Å². The zero-order valence-corrected chi connectivity index (χ0v) is 12.2. The van der Waals surface area contributed by atoms with E-state index < -0.39 is 0 Å². The molecule has 0 radical (unpaired) electrons. The quantitative estimate of drug-likeness (QED) is 0.764. The summed E-state index contributed by atoms with van der Waals surface area (Å²) in [7, 11) is 0. The molecule has 104 valence electrons. The summed E-state index contributed by atoms with van der Waals surface area (Å²) in [6.45, 7) is 4.02. The first-order valence-electron chi connectivity index (χ1n) is 6.59. The van der Waals surface area contributed by atoms with Crippen LogP contribution in [0.4, 0.5) is 0 Å². The highest BCUT2D eigenvalue weighted by atomic mass is 35.5. The molecular weight excluding hydrogens is 272 g/mol. The Balaban J connectivity index is 1.99. The van der Waals surface area contributed by atoms with Crippen LogP contribution in [0.5, 0.6) is 0 Å². The van der Waals surface area contributed by atoms with Crippen molar-refractivity contribution in [2.24, 2.45) is 0 Å². The molecule has 2 aromatic rings. The summed E-state index contributed by atoms with van der Waals surface area (Å²) in [6, 6.07) is 11.0. The van der Waals surface area contributed by atoms with Crippen molar-refractivity contribution < 1.29 is 4.79 Å². The summed E-state index contributed by atoms with van der Waals surface area (Å²) in [4.78, 5) is 18.3. The number of carbonyl (C=O) groups is 1. The van der Waals surface area contributed by atoms with E-state index in [-0.39, 0.29) is 5.78 Å². The van der Waals surface area contributed by atoms with Crippen molar-refractivity contribution in [1.29, 1.82) is 0 Å². The molecular formula is C16H17ClN2O. The van der Waals surface area contributed by atoms with Gasteiger partial charge in [-0.2, -0.15) is 0 Å². The summed E-state index contributed by atoms with van der Waals surface area (Å²) in [5, 5.41) is 0.644. The lowest BCUT2D eigenvalue weighted by Crippen LogP contribution is -2.29. The number of hydrogen-bond acceptors (Lipinski definition) is 3. The predicted molar refractivity (Wildman–Crippen MR) is 81.0 cm³/mol. The van der Waals surface area contributed by atoms with Crippen molar-refractivity contribution in [1.82, 2.24) is 9.88 Å². The van der Waals surface area contributed by atoms with Crippen molar-refractivity contribution in [3.63, 3.8) is 0 Å². The minimum absolute atomic E-state index is 0.109. The number of carbonyl (C=O) groups excluding carboxylic acids is 1. The first-order chi connectivity index (χ1) is 9.69. The Bertz CT molecular complexity index is 554. The maximum Gasteiger partial charge on any atom is 0.176 e. The van der Waals surface area contributed by atoms with Gasteiger partial charge in [0.05, 0.1) is 6.54 Å². The van der Waals surface area contributed by atoms with E-state index in [9.17, 15) is 4.79 Å². The van der Waals surface area contributed by atoms with E-state index in [4.69, 9.17) is 11.6 Å². The van der Waals surface area contributed by atoms with Gasteiger partial charge in [-0.25, -0.2) is 0 Å². The average molecular weight is 289 g/mol. The van der Waals surface area contributed by atoms with Gasteiger partial charge in [0, 0.05) is 29.5 Å². The molecule has 1 aromatic carbocycles. The number of benzene rings is 1. The van der Waals surface area contributed by atoms with Crippen LogP contribution >= 0.6 is 11.6 Å². The van der Waals surface area contributed by atoms with Crippen molar-refractivity contribution in [3.8, 4) is 0 Å². The molecule has 4 heteroatoms. The molecule has 0 spiro atoms. The molecule has 0 aliphatic carbocycles. The molecule has 2 rings (SSSR count). The number of likely N-dealkylation sites (N-methyl/N-ethyl adjacent to an activating group) is 1. The lowest BCUT2D eigenvalue weighted by atomic mass is 10.1. The Kier molecular flexibility index (Phi) is 5.27. The minimum atomic E-state index is 0.109. The average Bonchev–Trinajstić information content (AvgIpc) is 2.48. The fourth-order valence-electron chi connectivity index (χ4n) is 1.96. The van der Waals surface area contributed by atoms with Crippen molar-refractivity contribution in [3.05, 3.63) is 64.9 Å². The summed E-state index contributed by atoms with van der Waals surface area (Å²) in [6.07, 6.45) is 3.54. The van der Waals surface area contributed by atoms with Crippen molar-refractivity contribution in [2.45, 2.75) is 13.5 Å². The van der Waals surface area contributed by atoms with E-state index in [0.717, 1.165) is 18.7 Å². The van der Waals surface area contributed by atoms with Crippen LogP contribution in [0.3, 0.4) is 0 Å². The van der Waals surface area contributed by atoms with Gasteiger partial charge < -0.3 is 0 Å². The number of halogens is 1. The van der Waals surface area contributed by atoms with Crippen LogP contribution in [0.25, 0.3) is 0 Å². The third-order valence-electron chi connectivity index (χ3n) is 3.14. The zero-order chi connectivity index (χ0) is 14.4. The molecule has 0 amide bonds. The fourth-order valence-corrected chi connectivity index (χ4v) is 2.08. The minimum Gasteiger partial charge on any atom is -0.293 e. The van der Waals surface area contributed by atoms with E-state index in [1.54, 1.807) is 36.7 Å². The monoisotopic (exact) mass is 288 g/mol. The number of rotatable bonds is 6. The van der Waals surface area contributed by atoms with Crippen LogP contribution in [0.1, 0.15) is 22.8 Å². The molecule has 0 aliphatic rings. The SMILES string of the molecule is CCN(CC(=O)c1ccc(Cl)cc1)Cc1ccncc1. The molecule has 1 aromatic heterocycles. The van der Waals surface area contributed by atoms with E-state index in [0.29, 0.717) is 17.1 Å². The fraction of sp³-hybridized carbons (Fsp3) is 0.250. The lowest BCUT2D eigenvalue weighted by molar-refractivity contribution is 0.0929. The summed E-state index contributed by atoms with van der Waals surface area (Å²) in [5.41, 5.74) is 1.85. The second kappa shape index (κ2) is 7.17. The molecule has 1 heterocycles. The lowest BCUT2D eigenvalue weighted by Gasteiger charge is -2.19. The Morgan fingerprint density at radius 2 is 1.80 bits per heavy atom. The highest BCUT2D eigenvalue weighted by Gasteiger charge is 2.11. The second-order valence-electron chi connectivity index (χ2n) is 4.59. The smallest absolute Gasteiger partial charge is 0.176 e. The third kappa shape index (κ3) is 4.15. The third-order valence-corrected chi connectivity index (χ3v) is 3.39. The van der Waals surface area contributed by atoms with Crippen LogP contribution < -0.4 is 0 Å². The van der Waals surface area contributed by atoms with Crippen LogP contribution in [0.2, 0.25) is 5.02 Å². The Labute approximate surface area is 124 Å². The number of ketones is 1. The van der Waals surface area contributed by atoms with Gasteiger partial charge in [0.2, 0.25) is 0 Å². The second-order valence-corrected chi connectivity index (χ2v) is 5.03. The molecule has 0 N–H and O–H groups in total. The van der Waals surface area contributed by atoms with Crippen molar-refractivity contribution >= 4 is 17.4 Å². The van der Waals surface area contributed by atoms with Crippen molar-refractivity contribution in [2.75, 3.05) is 13.1 Å². The van der Waals surface area contributed by atoms with E-state index in [1.807, 2.05) is 12.1 Å². The van der Waals surface area contributed by atoms with E-state index in [2.05, 4.69) is 16.8 Å². The first-order valence-corrected chi connectivity index (χ1v) is 6.97. The maximum atomic E-state index is 12.2. The molecule has 3 nitrogen and oxygen atoms in total. The Hall–Kier alpha value is -1.71. The van der Waals surface area contributed by atoms with Gasteiger partial charge in [-0.05, 0) is 48.5 Å². The van der Waals surface area contributed by atoms with Gasteiger partial charge in [0.15, 0.2) is 5.78 Å². The number of aromatic nitrogens is 1. The molecule has 0 aliphatic heterocycles. The first kappa shape index (κ1) is 14.7. The highest BCUT2D eigenvalue weighted by molar-refractivity contribution is 6.30. The molecule has 0 unspecified atom stereocenters. The zero-order valence-electron chi connectivity index (χ0n) is 11.4. The summed E-state index contributed by atoms with van der Waals surface area (Å²) >= 11 is 5.83. The van der Waals surface area contributed by atoms with Crippen LogP contribution in [0, 0.1) is 0 Å². The summed E-state index contributed by atoms with van der Waals surface area (Å²) < 4.78 is 0. The van der Waals surface area contributed by atoms with E-state index in [1.165, 1.54) is 0 Å². The predicted octanol–water partition coefficient (Wildman–Crippen LogP) is 3.44. The molecule has 0 bridgehead atoms. The van der Waals surface area contributed by atoms with Gasteiger partial charge in [-0.1, -0.05) is 18.5 Å². The van der Waals surface area contributed by atoms with Gasteiger partial charge in [-0.3, -0.25) is 14.7 Å². The standard InChI is InChI=1S/C16H17ClN2O/c1-2-19(11-13-7-9-18-10-8-13)12-16(20)14-3-5-15(17)6-4-14/h3-10H,2,11-12H2,1H3. The van der Waals surface area contributed by atoms with Crippen LogP contribution in [-0.2, 0) is 6.54 Å². The molecule has 0 fully saturated rings. The molecule has 20 heavy (non-hydrogen) atoms. The van der Waals surface area contributed by atoms with Crippen LogP contribution in [0.15, 0.2) is 48.8 Å². The normalized spacial score (nSPS) is 10.8. The highest BCUT2D eigenvalue weighted by Crippen LogP contribution is 2.11. The van der Waals surface area contributed by atoms with Gasteiger partial charge >= 0.3 is 0 Å². The number of hydrogen-bond donors (Lipinski definition) is 0. The summed E-state index contributed by atoms with van der Waals surface area (Å²) in [5.74, 6) is 0.109. The number of pyridine rings is 1.